The molecule has 1 N–H and O–H groups in total. The fourth-order valence-corrected chi connectivity index (χ4v) is 19.5. The van der Waals surface area contributed by atoms with E-state index in [4.69, 9.17) is 0 Å². The summed E-state index contributed by atoms with van der Waals surface area (Å²) in [5.41, 5.74) is 5.06. The lowest BCUT2D eigenvalue weighted by Crippen LogP contribution is -2.40. The summed E-state index contributed by atoms with van der Waals surface area (Å²) in [5.74, 6) is 0. The molecular formula is C64H87N7O12S6. The van der Waals surface area contributed by atoms with Gasteiger partial charge in [-0.3, -0.25) is 0 Å². The number of benzene rings is 6. The third kappa shape index (κ3) is 19.2. The van der Waals surface area contributed by atoms with E-state index in [0.717, 1.165) is 33.4 Å². The van der Waals surface area contributed by atoms with Gasteiger partial charge < -0.3 is 5.32 Å². The maximum absolute atomic E-state index is 14.7. The molecular weight excluding hydrogens is 1250 g/mol. The van der Waals surface area contributed by atoms with E-state index in [0.29, 0.717) is 25.9 Å². The molecule has 0 bridgehead atoms. The molecule has 0 unspecified atom stereocenters. The maximum atomic E-state index is 14.7. The molecule has 89 heavy (non-hydrogen) atoms. The molecule has 0 aliphatic carbocycles. The topological polar surface area (TPSA) is 236 Å². The Balaban J connectivity index is 1.24. The van der Waals surface area contributed by atoms with Crippen molar-refractivity contribution in [3.8, 4) is 0 Å². The van der Waals surface area contributed by atoms with Gasteiger partial charge in [0, 0.05) is 78.5 Å². The summed E-state index contributed by atoms with van der Waals surface area (Å²) >= 11 is 0. The molecule has 6 aromatic rings. The van der Waals surface area contributed by atoms with E-state index in [1.165, 1.54) is 98.6 Å². The Morgan fingerprint density at radius 3 is 0.506 bits per heavy atom. The lowest BCUT2D eigenvalue weighted by Gasteiger charge is -2.28. The summed E-state index contributed by atoms with van der Waals surface area (Å²) in [6.07, 6.45) is 1.27. The van der Waals surface area contributed by atoms with E-state index in [1.54, 1.807) is 72.8 Å². The Bertz CT molecular complexity index is 3700. The van der Waals surface area contributed by atoms with E-state index < -0.39 is 60.1 Å². The van der Waals surface area contributed by atoms with Crippen molar-refractivity contribution < 1.29 is 50.5 Å². The molecule has 1 aliphatic rings. The van der Waals surface area contributed by atoms with Gasteiger partial charge in [-0.05, 0) is 179 Å². The zero-order valence-corrected chi connectivity index (χ0v) is 56.8. The summed E-state index contributed by atoms with van der Waals surface area (Å²) in [6.45, 7) is 10.9. The second-order valence-electron chi connectivity index (χ2n) is 22.9. The van der Waals surface area contributed by atoms with Gasteiger partial charge in [0.1, 0.15) is 0 Å². The molecule has 0 radical (unpaired) electrons. The minimum atomic E-state index is -4.22. The molecule has 19 nitrogen and oxygen atoms in total. The molecule has 0 aromatic heterocycles. The minimum absolute atomic E-state index is 0.0191. The number of hydrogen-bond acceptors (Lipinski definition) is 13. The maximum Gasteiger partial charge on any atom is 0.243 e. The molecule has 1 saturated heterocycles. The Hall–Kier alpha value is -5.26. The quantitative estimate of drug-likeness (QED) is 0.121. The van der Waals surface area contributed by atoms with Crippen LogP contribution in [0.3, 0.4) is 0 Å². The van der Waals surface area contributed by atoms with Gasteiger partial charge in [-0.15, -0.1) is 0 Å². The summed E-state index contributed by atoms with van der Waals surface area (Å²) in [6, 6.07) is 38.5. The summed E-state index contributed by atoms with van der Waals surface area (Å²) in [5, 5.41) is 3.34. The van der Waals surface area contributed by atoms with Crippen molar-refractivity contribution in [2.75, 3.05) is 91.6 Å². The van der Waals surface area contributed by atoms with Crippen molar-refractivity contribution in [1.29, 1.82) is 0 Å². The van der Waals surface area contributed by atoms with Crippen LogP contribution in [0.1, 0.15) is 84.7 Å². The van der Waals surface area contributed by atoms with Gasteiger partial charge in [-0.25, -0.2) is 50.5 Å². The predicted molar refractivity (Wildman–Crippen MR) is 349 cm³/mol. The van der Waals surface area contributed by atoms with Crippen LogP contribution in [-0.4, -0.2) is 168 Å². The number of hydrogen-bond donors (Lipinski definition) is 1. The highest BCUT2D eigenvalue weighted by atomic mass is 32.2. The summed E-state index contributed by atoms with van der Waals surface area (Å²) < 4.78 is 183. The Kier molecular flexibility index (Phi) is 25.5. The van der Waals surface area contributed by atoms with E-state index in [9.17, 15) is 50.5 Å². The summed E-state index contributed by atoms with van der Waals surface area (Å²) in [4.78, 5) is 0.226. The highest BCUT2D eigenvalue weighted by molar-refractivity contribution is 7.90. The van der Waals surface area contributed by atoms with Crippen molar-refractivity contribution in [3.63, 3.8) is 0 Å². The van der Waals surface area contributed by atoms with Crippen molar-refractivity contribution >= 4 is 60.1 Å². The fraction of sp³-hybridized carbons (Fsp3) is 0.438. The highest BCUT2D eigenvalue weighted by Crippen LogP contribution is 2.26. The van der Waals surface area contributed by atoms with E-state index in [-0.39, 0.29) is 146 Å². The Morgan fingerprint density at radius 2 is 0.348 bits per heavy atom. The van der Waals surface area contributed by atoms with Gasteiger partial charge in [0.05, 0.1) is 29.4 Å². The first kappa shape index (κ1) is 71.2. The van der Waals surface area contributed by atoms with Gasteiger partial charge in [-0.2, -0.15) is 25.8 Å². The average molecular weight is 1340 g/mol. The zero-order valence-electron chi connectivity index (χ0n) is 51.9. The van der Waals surface area contributed by atoms with Crippen LogP contribution in [0.5, 0.6) is 0 Å². The standard InChI is InChI=1S/C64H87N7O12S6/c1-53-15-27-59(28-16-53)84(72,73)66-41-7-8-42-67(85(74,75)60-29-17-54(2)18-30-60)46-12-50-71(89(82,83)64-37-25-58(6)26-38-64)52-14-48-69(87(78,79)62-33-21-56(4)22-34-62)44-10-40-65-39-9-43-68(86(76,77)61-31-19-55(3)20-32-61)47-13-51-70(49-11-45-66)88(80,81)63-35-23-57(5)24-36-63/h15-38,65H,7-14,39-52H2,1-6H3. The van der Waals surface area contributed by atoms with Crippen molar-refractivity contribution in [1.82, 2.24) is 31.1 Å². The first-order chi connectivity index (χ1) is 42.1. The van der Waals surface area contributed by atoms with Crippen molar-refractivity contribution in [2.24, 2.45) is 0 Å². The molecule has 0 atom stereocenters. The molecule has 1 aliphatic heterocycles. The second-order valence-corrected chi connectivity index (χ2v) is 34.5. The van der Waals surface area contributed by atoms with Crippen LogP contribution in [0.15, 0.2) is 175 Å². The first-order valence-corrected chi connectivity index (χ1v) is 38.9. The third-order valence-electron chi connectivity index (χ3n) is 15.8. The van der Waals surface area contributed by atoms with E-state index in [1.807, 2.05) is 41.5 Å². The van der Waals surface area contributed by atoms with Gasteiger partial charge in [-0.1, -0.05) is 106 Å². The van der Waals surface area contributed by atoms with Crippen LogP contribution >= 0.6 is 0 Å². The molecule has 0 spiro atoms. The number of nitrogens with one attached hydrogen (secondary N) is 1. The molecule has 7 rings (SSSR count). The number of nitrogens with zero attached hydrogens (tertiary/aromatic N) is 6. The smallest absolute Gasteiger partial charge is 0.243 e. The minimum Gasteiger partial charge on any atom is -0.317 e. The highest BCUT2D eigenvalue weighted by Gasteiger charge is 2.32. The normalized spacial score (nSPS) is 18.1. The molecule has 486 valence electrons. The monoisotopic (exact) mass is 1340 g/mol. The Labute approximate surface area is 531 Å². The number of sulfonamides is 6. The van der Waals surface area contributed by atoms with Gasteiger partial charge >= 0.3 is 0 Å². The lowest BCUT2D eigenvalue weighted by atomic mass is 10.2. The second kappa shape index (κ2) is 31.9. The number of rotatable bonds is 12. The van der Waals surface area contributed by atoms with Crippen LogP contribution in [0, 0.1) is 41.5 Å². The molecule has 0 saturated carbocycles. The van der Waals surface area contributed by atoms with E-state index in [2.05, 4.69) is 5.32 Å². The van der Waals surface area contributed by atoms with Crippen LogP contribution in [-0.2, 0) is 60.1 Å². The molecule has 25 heteroatoms. The number of aryl methyl sites for hydroxylation is 6. The van der Waals surface area contributed by atoms with Gasteiger partial charge in [0.2, 0.25) is 60.1 Å². The van der Waals surface area contributed by atoms with Crippen molar-refractivity contribution in [3.05, 3.63) is 179 Å². The molecule has 1 heterocycles. The molecule has 1 fully saturated rings. The van der Waals surface area contributed by atoms with Crippen molar-refractivity contribution in [2.45, 2.75) is 122 Å². The lowest BCUT2D eigenvalue weighted by molar-refractivity contribution is 0.324. The average Bonchev–Trinajstić information content (AvgIpc) is 1.78. The SMILES string of the molecule is Cc1ccc(S(=O)(=O)N2CCCCN(S(=O)(=O)c3ccc(C)cc3)CCCN(S(=O)(=O)c3ccc(C)cc3)CCCN(S(=O)(=O)c3ccc(C)cc3)CCCNCCCN(S(=O)(=O)c3ccc(C)cc3)CCCN(S(=O)(=O)c3ccc(C)cc3)CCC2)cc1. The van der Waals surface area contributed by atoms with Gasteiger partial charge in [0.25, 0.3) is 0 Å². The first-order valence-electron chi connectivity index (χ1n) is 30.3. The zero-order chi connectivity index (χ0) is 64.6. The molecule has 0 amide bonds. The fourth-order valence-electron chi connectivity index (χ4n) is 10.4. The van der Waals surface area contributed by atoms with E-state index >= 15 is 0 Å². The van der Waals surface area contributed by atoms with Crippen LogP contribution in [0.25, 0.3) is 0 Å². The Morgan fingerprint density at radius 1 is 0.213 bits per heavy atom. The largest absolute Gasteiger partial charge is 0.317 e. The predicted octanol–water partition coefficient (Wildman–Crippen LogP) is 8.71. The van der Waals surface area contributed by atoms with Crippen LogP contribution < -0.4 is 5.32 Å². The van der Waals surface area contributed by atoms with Gasteiger partial charge in [0.15, 0.2) is 0 Å². The summed E-state index contributed by atoms with van der Waals surface area (Å²) in [7, 11) is -25.1. The van der Waals surface area contributed by atoms with Crippen LogP contribution in [0.4, 0.5) is 0 Å². The molecule has 6 aromatic carbocycles. The third-order valence-corrected chi connectivity index (χ3v) is 27.3. The van der Waals surface area contributed by atoms with Crippen LogP contribution in [0.2, 0.25) is 0 Å².